The third-order valence-corrected chi connectivity index (χ3v) is 1.46. The lowest BCUT2D eigenvalue weighted by atomic mass is 10.1. The molecule has 0 aromatic rings. The van der Waals surface area contributed by atoms with Crippen molar-refractivity contribution in [2.75, 3.05) is 0 Å². The first kappa shape index (κ1) is 10.4. The fourth-order valence-electron chi connectivity index (χ4n) is 0.999. The molecule has 0 heterocycles. The summed E-state index contributed by atoms with van der Waals surface area (Å²) in [6.07, 6.45) is 1.81. The van der Waals surface area contributed by atoms with E-state index in [9.17, 15) is 4.79 Å². The third kappa shape index (κ3) is 4.79. The molecule has 0 aliphatic heterocycles. The molecule has 0 aromatic heterocycles. The van der Waals surface area contributed by atoms with Gasteiger partial charge in [0.1, 0.15) is 0 Å². The van der Waals surface area contributed by atoms with Gasteiger partial charge in [0.05, 0.1) is 6.04 Å². The van der Waals surface area contributed by atoms with E-state index in [2.05, 4.69) is 5.32 Å². The van der Waals surface area contributed by atoms with E-state index in [0.29, 0.717) is 6.04 Å². The van der Waals surface area contributed by atoms with Gasteiger partial charge < -0.3 is 11.1 Å². The molecule has 0 aliphatic carbocycles. The Kier molecular flexibility index (Phi) is 4.86. The summed E-state index contributed by atoms with van der Waals surface area (Å²) >= 11 is 0. The van der Waals surface area contributed by atoms with Crippen molar-refractivity contribution in [2.24, 2.45) is 5.73 Å². The SMILES string of the molecule is CCCC(NC(C)C)C(N)=O. The van der Waals surface area contributed by atoms with Crippen LogP contribution in [0, 0.1) is 0 Å². The van der Waals surface area contributed by atoms with Crippen molar-refractivity contribution >= 4 is 5.91 Å². The topological polar surface area (TPSA) is 55.1 Å². The summed E-state index contributed by atoms with van der Waals surface area (Å²) in [6.45, 7) is 6.05. The molecule has 0 spiro atoms. The first-order valence-electron chi connectivity index (χ1n) is 4.13. The van der Waals surface area contributed by atoms with Gasteiger partial charge >= 0.3 is 0 Å². The highest BCUT2D eigenvalue weighted by molar-refractivity contribution is 5.79. The van der Waals surface area contributed by atoms with Crippen LogP contribution < -0.4 is 11.1 Å². The lowest BCUT2D eigenvalue weighted by Gasteiger charge is -2.16. The van der Waals surface area contributed by atoms with Gasteiger partial charge in [-0.2, -0.15) is 0 Å². The average Bonchev–Trinajstić information content (AvgIpc) is 1.86. The van der Waals surface area contributed by atoms with E-state index in [0.717, 1.165) is 12.8 Å². The Balaban J connectivity index is 3.79. The summed E-state index contributed by atoms with van der Waals surface area (Å²) in [4.78, 5) is 10.8. The summed E-state index contributed by atoms with van der Waals surface area (Å²) in [6, 6.07) is 0.166. The van der Waals surface area contributed by atoms with E-state index < -0.39 is 0 Å². The number of amides is 1. The zero-order valence-electron chi connectivity index (χ0n) is 7.55. The van der Waals surface area contributed by atoms with E-state index in [1.54, 1.807) is 0 Å². The summed E-state index contributed by atoms with van der Waals surface area (Å²) in [5.41, 5.74) is 5.17. The highest BCUT2D eigenvalue weighted by Gasteiger charge is 2.13. The smallest absolute Gasteiger partial charge is 0.234 e. The quantitative estimate of drug-likeness (QED) is 0.617. The maximum Gasteiger partial charge on any atom is 0.234 e. The van der Waals surface area contributed by atoms with Gasteiger partial charge in [-0.25, -0.2) is 0 Å². The van der Waals surface area contributed by atoms with Crippen LogP contribution in [0.1, 0.15) is 33.6 Å². The molecule has 3 nitrogen and oxygen atoms in total. The molecule has 3 N–H and O–H groups in total. The Labute approximate surface area is 68.3 Å². The second-order valence-electron chi connectivity index (χ2n) is 3.06. The molecule has 0 bridgehead atoms. The number of primary amides is 1. The zero-order valence-corrected chi connectivity index (χ0v) is 7.55. The van der Waals surface area contributed by atoms with Crippen LogP contribution >= 0.6 is 0 Å². The first-order valence-corrected chi connectivity index (χ1v) is 4.13. The fraction of sp³-hybridized carbons (Fsp3) is 0.875. The van der Waals surface area contributed by atoms with Crippen LogP contribution in [0.2, 0.25) is 0 Å². The van der Waals surface area contributed by atoms with E-state index in [4.69, 9.17) is 5.73 Å². The van der Waals surface area contributed by atoms with Gasteiger partial charge in [-0.15, -0.1) is 0 Å². The first-order chi connectivity index (χ1) is 5.07. The van der Waals surface area contributed by atoms with Gasteiger partial charge in [0.2, 0.25) is 5.91 Å². The molecular formula is C8H18N2O. The minimum absolute atomic E-state index is 0.153. The molecule has 0 fully saturated rings. The largest absolute Gasteiger partial charge is 0.368 e. The second-order valence-corrected chi connectivity index (χ2v) is 3.06. The van der Waals surface area contributed by atoms with Crippen LogP contribution in [0.5, 0.6) is 0 Å². The predicted molar refractivity (Wildman–Crippen MR) is 46.2 cm³/mol. The molecular weight excluding hydrogens is 140 g/mol. The van der Waals surface area contributed by atoms with Crippen molar-refractivity contribution in [3.05, 3.63) is 0 Å². The molecule has 0 saturated carbocycles. The molecule has 1 amide bonds. The molecule has 0 rings (SSSR count). The number of hydrogen-bond acceptors (Lipinski definition) is 2. The average molecular weight is 158 g/mol. The zero-order chi connectivity index (χ0) is 8.85. The Morgan fingerprint density at radius 2 is 2.09 bits per heavy atom. The Morgan fingerprint density at radius 1 is 1.55 bits per heavy atom. The van der Waals surface area contributed by atoms with E-state index in [-0.39, 0.29) is 11.9 Å². The number of nitrogens with one attached hydrogen (secondary N) is 1. The van der Waals surface area contributed by atoms with Crippen molar-refractivity contribution in [3.8, 4) is 0 Å². The highest BCUT2D eigenvalue weighted by atomic mass is 16.1. The molecule has 1 atom stereocenters. The number of carbonyl (C=O) groups excluding carboxylic acids is 1. The molecule has 0 aliphatic rings. The van der Waals surface area contributed by atoms with E-state index in [1.807, 2.05) is 20.8 Å². The monoisotopic (exact) mass is 158 g/mol. The number of hydrogen-bond donors (Lipinski definition) is 2. The molecule has 0 saturated heterocycles. The normalized spacial score (nSPS) is 13.5. The summed E-state index contributed by atoms with van der Waals surface area (Å²) < 4.78 is 0. The number of rotatable bonds is 5. The van der Waals surface area contributed by atoms with Crippen LogP contribution in [0.15, 0.2) is 0 Å². The van der Waals surface area contributed by atoms with Gasteiger partial charge in [0, 0.05) is 6.04 Å². The van der Waals surface area contributed by atoms with Crippen LogP contribution in [-0.4, -0.2) is 18.0 Å². The Morgan fingerprint density at radius 3 is 2.36 bits per heavy atom. The van der Waals surface area contributed by atoms with Gasteiger partial charge in [0.25, 0.3) is 0 Å². The van der Waals surface area contributed by atoms with E-state index in [1.165, 1.54) is 0 Å². The maximum atomic E-state index is 10.8. The third-order valence-electron chi connectivity index (χ3n) is 1.46. The summed E-state index contributed by atoms with van der Waals surface area (Å²) in [5.74, 6) is -0.249. The van der Waals surface area contributed by atoms with E-state index >= 15 is 0 Å². The predicted octanol–water partition coefficient (Wildman–Crippen LogP) is 0.638. The van der Waals surface area contributed by atoms with Crippen LogP contribution in [-0.2, 0) is 4.79 Å². The minimum Gasteiger partial charge on any atom is -0.368 e. The maximum absolute atomic E-state index is 10.8. The lowest BCUT2D eigenvalue weighted by molar-refractivity contribution is -0.120. The highest BCUT2D eigenvalue weighted by Crippen LogP contribution is 1.96. The van der Waals surface area contributed by atoms with Gasteiger partial charge in [-0.05, 0) is 6.42 Å². The van der Waals surface area contributed by atoms with Gasteiger partial charge in [-0.3, -0.25) is 4.79 Å². The Bertz CT molecular complexity index is 123. The van der Waals surface area contributed by atoms with Gasteiger partial charge in [-0.1, -0.05) is 27.2 Å². The van der Waals surface area contributed by atoms with Crippen molar-refractivity contribution < 1.29 is 4.79 Å². The summed E-state index contributed by atoms with van der Waals surface area (Å²) in [7, 11) is 0. The van der Waals surface area contributed by atoms with Crippen molar-refractivity contribution in [1.29, 1.82) is 0 Å². The van der Waals surface area contributed by atoms with Crippen LogP contribution in [0.25, 0.3) is 0 Å². The van der Waals surface area contributed by atoms with Crippen molar-refractivity contribution in [3.63, 3.8) is 0 Å². The van der Waals surface area contributed by atoms with Crippen molar-refractivity contribution in [2.45, 2.75) is 45.7 Å². The summed E-state index contributed by atoms with van der Waals surface area (Å²) in [5, 5.41) is 3.11. The molecule has 66 valence electrons. The molecule has 3 heteroatoms. The molecule has 0 radical (unpaired) electrons. The van der Waals surface area contributed by atoms with Crippen LogP contribution in [0.4, 0.5) is 0 Å². The van der Waals surface area contributed by atoms with Crippen LogP contribution in [0.3, 0.4) is 0 Å². The molecule has 0 aromatic carbocycles. The van der Waals surface area contributed by atoms with Crippen molar-refractivity contribution in [1.82, 2.24) is 5.32 Å². The molecule has 11 heavy (non-hydrogen) atoms. The fourth-order valence-corrected chi connectivity index (χ4v) is 0.999. The lowest BCUT2D eigenvalue weighted by Crippen LogP contribution is -2.44. The minimum atomic E-state index is -0.249. The molecule has 1 unspecified atom stereocenters. The second kappa shape index (κ2) is 5.13. The number of carbonyl (C=O) groups is 1. The van der Waals surface area contributed by atoms with Gasteiger partial charge in [0.15, 0.2) is 0 Å². The Hall–Kier alpha value is -0.570. The number of nitrogens with two attached hydrogens (primary N) is 1. The standard InChI is InChI=1S/C8H18N2O/c1-4-5-7(8(9)11)10-6(2)3/h6-7,10H,4-5H2,1-3H3,(H2,9,11).